The molecule has 3 heterocycles. The quantitative estimate of drug-likeness (QED) is 0.740. The molecule has 0 spiro atoms. The van der Waals surface area contributed by atoms with Crippen LogP contribution in [-0.4, -0.2) is 38.8 Å². The van der Waals surface area contributed by atoms with Crippen LogP contribution in [0.4, 0.5) is 0 Å². The van der Waals surface area contributed by atoms with E-state index in [1.165, 1.54) is 11.3 Å². The summed E-state index contributed by atoms with van der Waals surface area (Å²) >= 11 is 7.33. The van der Waals surface area contributed by atoms with Gasteiger partial charge in [-0.05, 0) is 18.1 Å². The molecule has 0 saturated carbocycles. The Morgan fingerprint density at radius 1 is 1.52 bits per heavy atom. The highest BCUT2D eigenvalue weighted by Gasteiger charge is 2.15. The van der Waals surface area contributed by atoms with Crippen LogP contribution in [0.2, 0.25) is 5.02 Å². The average Bonchev–Trinajstić information content (AvgIpc) is 3.18. The minimum absolute atomic E-state index is 0.0140. The molecule has 23 heavy (non-hydrogen) atoms. The molecular weight excluding hydrogens is 336 g/mol. The molecule has 1 amide bonds. The summed E-state index contributed by atoms with van der Waals surface area (Å²) in [6.07, 6.45) is 5.17. The summed E-state index contributed by atoms with van der Waals surface area (Å²) in [6.45, 7) is 2.30. The van der Waals surface area contributed by atoms with E-state index in [0.717, 1.165) is 16.0 Å². The van der Waals surface area contributed by atoms with Crippen LogP contribution in [0.1, 0.15) is 16.7 Å². The number of halogens is 1. The maximum absolute atomic E-state index is 12.1. The van der Waals surface area contributed by atoms with E-state index in [2.05, 4.69) is 15.4 Å². The van der Waals surface area contributed by atoms with E-state index in [9.17, 15) is 4.79 Å². The van der Waals surface area contributed by atoms with Crippen molar-refractivity contribution in [3.8, 4) is 10.4 Å². The molecule has 0 aliphatic carbocycles. The van der Waals surface area contributed by atoms with Crippen molar-refractivity contribution in [2.75, 3.05) is 13.2 Å². The molecule has 2 N–H and O–H groups in total. The lowest BCUT2D eigenvalue weighted by Crippen LogP contribution is -2.29. The number of rotatable bonds is 5. The number of fused-ring (bicyclic) bond motifs is 1. The van der Waals surface area contributed by atoms with Gasteiger partial charge in [0.25, 0.3) is 5.91 Å². The number of pyridine rings is 1. The molecule has 8 heteroatoms. The van der Waals surface area contributed by atoms with Gasteiger partial charge in [0.1, 0.15) is 0 Å². The van der Waals surface area contributed by atoms with Gasteiger partial charge in [-0.1, -0.05) is 18.5 Å². The first kappa shape index (κ1) is 15.9. The van der Waals surface area contributed by atoms with E-state index in [1.807, 2.05) is 13.0 Å². The molecule has 0 radical (unpaired) electrons. The number of nitrogens with one attached hydrogen (secondary N) is 1. The lowest BCUT2D eigenvalue weighted by Gasteiger charge is -2.07. The van der Waals surface area contributed by atoms with Crippen LogP contribution in [0.15, 0.2) is 30.7 Å². The van der Waals surface area contributed by atoms with Gasteiger partial charge in [0, 0.05) is 36.1 Å². The van der Waals surface area contributed by atoms with Crippen molar-refractivity contribution in [1.29, 1.82) is 0 Å². The number of nitrogens with zero attached hydrogens (tertiary/aromatic N) is 3. The lowest BCUT2D eigenvalue weighted by molar-refractivity contribution is 0.0942. The van der Waals surface area contributed by atoms with Crippen molar-refractivity contribution in [2.45, 2.75) is 6.92 Å². The molecule has 3 aromatic heterocycles. The monoisotopic (exact) mass is 350 g/mol. The van der Waals surface area contributed by atoms with Crippen molar-refractivity contribution < 1.29 is 9.90 Å². The largest absolute Gasteiger partial charge is 0.396 e. The van der Waals surface area contributed by atoms with Crippen LogP contribution in [0.5, 0.6) is 0 Å². The third-order valence-electron chi connectivity index (χ3n) is 3.37. The Morgan fingerprint density at radius 3 is 3.13 bits per heavy atom. The van der Waals surface area contributed by atoms with Crippen molar-refractivity contribution in [3.05, 3.63) is 40.8 Å². The van der Waals surface area contributed by atoms with Gasteiger partial charge < -0.3 is 10.4 Å². The molecule has 1 atom stereocenters. The molecule has 0 aromatic carbocycles. The third-order valence-corrected chi connectivity index (χ3v) is 4.64. The van der Waals surface area contributed by atoms with Gasteiger partial charge in [-0.2, -0.15) is 5.10 Å². The second-order valence-corrected chi connectivity index (χ2v) is 6.73. The van der Waals surface area contributed by atoms with Gasteiger partial charge >= 0.3 is 0 Å². The Hall–Kier alpha value is -1.96. The summed E-state index contributed by atoms with van der Waals surface area (Å²) in [7, 11) is 0. The maximum atomic E-state index is 12.1. The first-order chi connectivity index (χ1) is 11.1. The summed E-state index contributed by atoms with van der Waals surface area (Å²) in [4.78, 5) is 17.1. The first-order valence-electron chi connectivity index (χ1n) is 7.06. The standard InChI is InChI=1S/C15H15ClN4O2S/c1-9(8-21)5-17-14(22)15-18-7-13(23-15)11-6-19-20-3-2-10(16)4-12(11)20/h2-4,6-7,9,21H,5,8H2,1H3,(H,17,22). The number of aliphatic hydroxyl groups is 1. The van der Waals surface area contributed by atoms with Crippen molar-refractivity contribution in [1.82, 2.24) is 19.9 Å². The predicted molar refractivity (Wildman–Crippen MR) is 89.9 cm³/mol. The number of amides is 1. The number of aromatic nitrogens is 3. The Kier molecular flexibility index (Phi) is 4.61. The van der Waals surface area contributed by atoms with E-state index in [0.29, 0.717) is 16.6 Å². The minimum atomic E-state index is -0.240. The Morgan fingerprint density at radius 2 is 2.35 bits per heavy atom. The first-order valence-corrected chi connectivity index (χ1v) is 8.26. The fraction of sp³-hybridized carbons (Fsp3) is 0.267. The molecular formula is C15H15ClN4O2S. The van der Waals surface area contributed by atoms with E-state index >= 15 is 0 Å². The number of hydrogen-bond acceptors (Lipinski definition) is 5. The fourth-order valence-corrected chi connectivity index (χ4v) is 3.07. The Bertz CT molecular complexity index is 845. The highest BCUT2D eigenvalue weighted by atomic mass is 35.5. The maximum Gasteiger partial charge on any atom is 0.280 e. The van der Waals surface area contributed by atoms with Crippen molar-refractivity contribution in [3.63, 3.8) is 0 Å². The van der Waals surface area contributed by atoms with Gasteiger partial charge in [0.15, 0.2) is 5.01 Å². The van der Waals surface area contributed by atoms with E-state index in [1.54, 1.807) is 29.2 Å². The normalized spacial score (nSPS) is 12.5. The molecule has 3 aromatic rings. The summed E-state index contributed by atoms with van der Waals surface area (Å²) in [6, 6.07) is 3.59. The van der Waals surface area contributed by atoms with Gasteiger partial charge in [-0.15, -0.1) is 11.3 Å². The van der Waals surface area contributed by atoms with Crippen LogP contribution < -0.4 is 5.32 Å². The second kappa shape index (κ2) is 6.66. The summed E-state index contributed by atoms with van der Waals surface area (Å²) in [5.74, 6) is -0.226. The molecule has 120 valence electrons. The van der Waals surface area contributed by atoms with Crippen LogP contribution in [-0.2, 0) is 0 Å². The molecule has 6 nitrogen and oxygen atoms in total. The van der Waals surface area contributed by atoms with E-state index < -0.39 is 0 Å². The molecule has 1 unspecified atom stereocenters. The van der Waals surface area contributed by atoms with Crippen LogP contribution in [0.25, 0.3) is 16.0 Å². The molecule has 0 aliphatic heterocycles. The Balaban J connectivity index is 1.83. The summed E-state index contributed by atoms with van der Waals surface area (Å²) < 4.78 is 1.73. The van der Waals surface area contributed by atoms with Crippen LogP contribution in [0.3, 0.4) is 0 Å². The van der Waals surface area contributed by atoms with Gasteiger partial charge in [0.05, 0.1) is 16.6 Å². The minimum Gasteiger partial charge on any atom is -0.396 e. The fourth-order valence-electron chi connectivity index (χ4n) is 2.06. The zero-order chi connectivity index (χ0) is 16.4. The molecule has 0 aliphatic rings. The van der Waals surface area contributed by atoms with E-state index in [4.69, 9.17) is 16.7 Å². The number of aliphatic hydroxyl groups excluding tert-OH is 1. The van der Waals surface area contributed by atoms with Gasteiger partial charge in [-0.25, -0.2) is 9.50 Å². The van der Waals surface area contributed by atoms with Gasteiger partial charge in [-0.3, -0.25) is 4.79 Å². The molecule has 3 rings (SSSR count). The number of thiazole rings is 1. The second-order valence-electron chi connectivity index (χ2n) is 5.26. The molecule has 0 fully saturated rings. The number of hydrogen-bond donors (Lipinski definition) is 2. The van der Waals surface area contributed by atoms with Crippen LogP contribution in [0, 0.1) is 5.92 Å². The summed E-state index contributed by atoms with van der Waals surface area (Å²) in [5, 5.41) is 17.0. The van der Waals surface area contributed by atoms with Gasteiger partial charge in [0.2, 0.25) is 0 Å². The topological polar surface area (TPSA) is 79.5 Å². The average molecular weight is 351 g/mol. The zero-order valence-electron chi connectivity index (χ0n) is 12.4. The SMILES string of the molecule is CC(CO)CNC(=O)c1ncc(-c2cnn3ccc(Cl)cc23)s1. The third kappa shape index (κ3) is 3.36. The molecule has 0 saturated heterocycles. The lowest BCUT2D eigenvalue weighted by atomic mass is 10.2. The number of carbonyl (C=O) groups is 1. The zero-order valence-corrected chi connectivity index (χ0v) is 13.9. The Labute approximate surface area is 141 Å². The number of carbonyl (C=O) groups excluding carboxylic acids is 1. The summed E-state index contributed by atoms with van der Waals surface area (Å²) in [5.41, 5.74) is 1.75. The molecule has 0 bridgehead atoms. The van der Waals surface area contributed by atoms with Crippen molar-refractivity contribution in [2.24, 2.45) is 5.92 Å². The van der Waals surface area contributed by atoms with Crippen LogP contribution >= 0.6 is 22.9 Å². The van der Waals surface area contributed by atoms with Crippen molar-refractivity contribution >= 4 is 34.4 Å². The smallest absolute Gasteiger partial charge is 0.280 e. The highest BCUT2D eigenvalue weighted by molar-refractivity contribution is 7.17. The highest BCUT2D eigenvalue weighted by Crippen LogP contribution is 2.30. The predicted octanol–water partition coefficient (Wildman–Crippen LogP) is 2.47. The van der Waals surface area contributed by atoms with E-state index in [-0.39, 0.29) is 18.4 Å².